The highest BCUT2D eigenvalue weighted by molar-refractivity contribution is 5.61. The normalized spacial score (nSPS) is 21.9. The second-order valence-electron chi connectivity index (χ2n) is 5.51. The minimum Gasteiger partial charge on any atom is -0.398 e. The summed E-state index contributed by atoms with van der Waals surface area (Å²) < 4.78 is 5.65. The largest absolute Gasteiger partial charge is 0.398 e. The topological polar surface area (TPSA) is 90.4 Å². The van der Waals surface area contributed by atoms with Crippen molar-refractivity contribution in [1.82, 2.24) is 0 Å². The van der Waals surface area contributed by atoms with Gasteiger partial charge in [-0.2, -0.15) is 0 Å². The van der Waals surface area contributed by atoms with Crippen molar-refractivity contribution in [1.29, 1.82) is 0 Å². The molecule has 6 heteroatoms. The first-order valence-corrected chi connectivity index (χ1v) is 6.31. The lowest BCUT2D eigenvalue weighted by Gasteiger charge is -2.36. The van der Waals surface area contributed by atoms with Gasteiger partial charge in [-0.25, -0.2) is 0 Å². The highest BCUT2D eigenvalue weighted by Gasteiger charge is 2.28. The Morgan fingerprint density at radius 2 is 2.21 bits per heavy atom. The maximum atomic E-state index is 10.8. The van der Waals surface area contributed by atoms with Crippen molar-refractivity contribution in [3.63, 3.8) is 0 Å². The SMILES string of the molecule is CC1(C)CC(Nc2cc(N)cc([N+](=O)[O-])c2)CCO1. The Morgan fingerprint density at radius 3 is 2.84 bits per heavy atom. The molecule has 1 aliphatic rings. The van der Waals surface area contributed by atoms with Crippen LogP contribution in [-0.4, -0.2) is 23.2 Å². The van der Waals surface area contributed by atoms with Crippen molar-refractivity contribution in [2.75, 3.05) is 17.7 Å². The second-order valence-corrected chi connectivity index (χ2v) is 5.51. The Morgan fingerprint density at radius 1 is 1.47 bits per heavy atom. The molecule has 104 valence electrons. The van der Waals surface area contributed by atoms with Gasteiger partial charge in [-0.05, 0) is 32.8 Å². The van der Waals surface area contributed by atoms with Gasteiger partial charge in [0, 0.05) is 36.2 Å². The van der Waals surface area contributed by atoms with Crippen LogP contribution in [0, 0.1) is 10.1 Å². The molecular weight excluding hydrogens is 246 g/mol. The molecule has 0 amide bonds. The standard InChI is InChI=1S/C13H19N3O3/c1-13(2)8-10(3-4-19-13)15-11-5-9(14)6-12(7-11)16(17)18/h5-7,10,15H,3-4,8,14H2,1-2H3. The van der Waals surface area contributed by atoms with Crippen molar-refractivity contribution in [2.24, 2.45) is 0 Å². The Kier molecular flexibility index (Phi) is 3.61. The van der Waals surface area contributed by atoms with Gasteiger partial charge in [0.25, 0.3) is 5.69 Å². The maximum absolute atomic E-state index is 10.8. The molecule has 1 atom stereocenters. The minimum atomic E-state index is -0.435. The molecule has 1 aromatic carbocycles. The molecule has 1 heterocycles. The van der Waals surface area contributed by atoms with E-state index in [0.717, 1.165) is 12.8 Å². The molecule has 1 fully saturated rings. The number of nitrogens with two attached hydrogens (primary N) is 1. The number of rotatable bonds is 3. The lowest BCUT2D eigenvalue weighted by atomic mass is 9.94. The highest BCUT2D eigenvalue weighted by Crippen LogP contribution is 2.28. The molecule has 6 nitrogen and oxygen atoms in total. The van der Waals surface area contributed by atoms with Crippen LogP contribution in [0.15, 0.2) is 18.2 Å². The number of ether oxygens (including phenoxy) is 1. The van der Waals surface area contributed by atoms with E-state index in [9.17, 15) is 10.1 Å². The molecule has 19 heavy (non-hydrogen) atoms. The lowest BCUT2D eigenvalue weighted by molar-refractivity contribution is -0.384. The van der Waals surface area contributed by atoms with Crippen LogP contribution in [-0.2, 0) is 4.74 Å². The van der Waals surface area contributed by atoms with Crippen LogP contribution in [0.2, 0.25) is 0 Å². The van der Waals surface area contributed by atoms with Crippen LogP contribution in [0.1, 0.15) is 26.7 Å². The maximum Gasteiger partial charge on any atom is 0.273 e. The summed E-state index contributed by atoms with van der Waals surface area (Å²) >= 11 is 0. The van der Waals surface area contributed by atoms with Gasteiger partial charge >= 0.3 is 0 Å². The molecule has 0 radical (unpaired) electrons. The van der Waals surface area contributed by atoms with E-state index >= 15 is 0 Å². The number of nitro benzene ring substituents is 1. The van der Waals surface area contributed by atoms with Gasteiger partial charge in [0.15, 0.2) is 0 Å². The van der Waals surface area contributed by atoms with E-state index in [1.54, 1.807) is 6.07 Å². The van der Waals surface area contributed by atoms with E-state index in [1.165, 1.54) is 12.1 Å². The van der Waals surface area contributed by atoms with Crippen LogP contribution < -0.4 is 11.1 Å². The Hall–Kier alpha value is -1.82. The van der Waals surface area contributed by atoms with E-state index in [2.05, 4.69) is 5.32 Å². The summed E-state index contributed by atoms with van der Waals surface area (Å²) in [6.45, 7) is 4.78. The predicted molar refractivity (Wildman–Crippen MR) is 74.2 cm³/mol. The first-order valence-electron chi connectivity index (χ1n) is 6.31. The molecule has 0 saturated carbocycles. The second kappa shape index (κ2) is 5.05. The zero-order valence-electron chi connectivity index (χ0n) is 11.2. The third-order valence-electron chi connectivity index (χ3n) is 3.22. The van der Waals surface area contributed by atoms with Gasteiger partial charge in [0.2, 0.25) is 0 Å². The van der Waals surface area contributed by atoms with Crippen molar-refractivity contribution in [3.8, 4) is 0 Å². The van der Waals surface area contributed by atoms with E-state index in [1.807, 2.05) is 13.8 Å². The van der Waals surface area contributed by atoms with Gasteiger partial charge in [0.1, 0.15) is 0 Å². The average molecular weight is 265 g/mol. The number of nitrogens with zero attached hydrogens (tertiary/aromatic N) is 1. The van der Waals surface area contributed by atoms with Crippen LogP contribution >= 0.6 is 0 Å². The zero-order chi connectivity index (χ0) is 14.0. The number of nitro groups is 1. The molecule has 0 aliphatic carbocycles. The first-order chi connectivity index (χ1) is 8.85. The fourth-order valence-corrected chi connectivity index (χ4v) is 2.41. The van der Waals surface area contributed by atoms with E-state index in [4.69, 9.17) is 10.5 Å². The Bertz CT molecular complexity index is 488. The fraction of sp³-hybridized carbons (Fsp3) is 0.538. The van der Waals surface area contributed by atoms with Crippen LogP contribution in [0.3, 0.4) is 0 Å². The number of nitrogen functional groups attached to an aromatic ring is 1. The minimum absolute atomic E-state index is 0.00817. The summed E-state index contributed by atoms with van der Waals surface area (Å²) in [6.07, 6.45) is 1.74. The Labute approximate surface area is 112 Å². The van der Waals surface area contributed by atoms with Crippen molar-refractivity contribution in [3.05, 3.63) is 28.3 Å². The summed E-state index contributed by atoms with van der Waals surface area (Å²) in [5.74, 6) is 0. The number of nitrogens with one attached hydrogen (secondary N) is 1. The lowest BCUT2D eigenvalue weighted by Crippen LogP contribution is -2.40. The van der Waals surface area contributed by atoms with Gasteiger partial charge in [0.05, 0.1) is 10.5 Å². The van der Waals surface area contributed by atoms with Gasteiger partial charge in [-0.3, -0.25) is 10.1 Å². The van der Waals surface area contributed by atoms with E-state index in [-0.39, 0.29) is 17.3 Å². The number of hydrogen-bond acceptors (Lipinski definition) is 5. The number of benzene rings is 1. The summed E-state index contributed by atoms with van der Waals surface area (Å²) in [5.41, 5.74) is 6.61. The Balaban J connectivity index is 2.12. The smallest absolute Gasteiger partial charge is 0.273 e. The molecule has 0 bridgehead atoms. The number of anilines is 2. The van der Waals surface area contributed by atoms with Gasteiger partial charge in [-0.15, -0.1) is 0 Å². The number of non-ortho nitro benzene ring substituents is 1. The van der Waals surface area contributed by atoms with E-state index < -0.39 is 4.92 Å². The molecule has 1 unspecified atom stereocenters. The number of hydrogen-bond donors (Lipinski definition) is 2. The highest BCUT2D eigenvalue weighted by atomic mass is 16.6. The van der Waals surface area contributed by atoms with Crippen LogP contribution in [0.4, 0.5) is 17.1 Å². The predicted octanol–water partition coefficient (Wildman–Crippen LogP) is 2.55. The summed E-state index contributed by atoms with van der Waals surface area (Å²) in [5, 5.41) is 14.1. The molecule has 1 aliphatic heterocycles. The van der Waals surface area contributed by atoms with Gasteiger partial charge in [-0.1, -0.05) is 0 Å². The summed E-state index contributed by atoms with van der Waals surface area (Å²) in [6, 6.07) is 4.83. The third kappa shape index (κ3) is 3.57. The van der Waals surface area contributed by atoms with Crippen molar-refractivity contribution in [2.45, 2.75) is 38.3 Å². The van der Waals surface area contributed by atoms with Crippen LogP contribution in [0.5, 0.6) is 0 Å². The van der Waals surface area contributed by atoms with Gasteiger partial charge < -0.3 is 15.8 Å². The zero-order valence-corrected chi connectivity index (χ0v) is 11.2. The fourth-order valence-electron chi connectivity index (χ4n) is 2.41. The summed E-state index contributed by atoms with van der Waals surface area (Å²) in [4.78, 5) is 10.4. The molecule has 0 aromatic heterocycles. The summed E-state index contributed by atoms with van der Waals surface area (Å²) in [7, 11) is 0. The van der Waals surface area contributed by atoms with E-state index in [0.29, 0.717) is 18.0 Å². The average Bonchev–Trinajstić information content (AvgIpc) is 2.26. The molecule has 0 spiro atoms. The molecule has 3 N–H and O–H groups in total. The molecule has 1 saturated heterocycles. The molecule has 2 rings (SSSR count). The third-order valence-corrected chi connectivity index (χ3v) is 3.22. The van der Waals surface area contributed by atoms with Crippen molar-refractivity contribution < 1.29 is 9.66 Å². The first kappa shape index (κ1) is 13.6. The van der Waals surface area contributed by atoms with Crippen molar-refractivity contribution >= 4 is 17.1 Å². The monoisotopic (exact) mass is 265 g/mol. The van der Waals surface area contributed by atoms with Crippen LogP contribution in [0.25, 0.3) is 0 Å². The quantitative estimate of drug-likeness (QED) is 0.498. The molecular formula is C13H19N3O3. The molecule has 1 aromatic rings.